The van der Waals surface area contributed by atoms with E-state index in [1.54, 1.807) is 30.0 Å². The first-order valence-electron chi connectivity index (χ1n) is 7.91. The lowest BCUT2D eigenvalue weighted by molar-refractivity contribution is 0.102. The molecule has 0 saturated heterocycles. The topological polar surface area (TPSA) is 58.5 Å². The molecule has 0 aliphatic carbocycles. The van der Waals surface area contributed by atoms with Crippen LogP contribution >= 0.6 is 11.8 Å². The summed E-state index contributed by atoms with van der Waals surface area (Å²) in [6, 6.07) is 6.50. The molecule has 0 fully saturated rings. The summed E-state index contributed by atoms with van der Waals surface area (Å²) in [4.78, 5) is 23.2. The van der Waals surface area contributed by atoms with E-state index in [2.05, 4.69) is 10.5 Å². The van der Waals surface area contributed by atoms with Gasteiger partial charge in [0.2, 0.25) is 0 Å². The fourth-order valence-electron chi connectivity index (χ4n) is 2.19. The largest absolute Gasteiger partial charge is 0.322 e. The Kier molecular flexibility index (Phi) is 7.20. The van der Waals surface area contributed by atoms with Crippen molar-refractivity contribution in [1.82, 2.24) is 0 Å². The number of carbonyl (C=O) groups is 1. The number of amides is 1. The Morgan fingerprint density at radius 3 is 2.46 bits per heavy atom. The molecule has 0 heterocycles. The number of benzene rings is 2. The summed E-state index contributed by atoms with van der Waals surface area (Å²) < 4.78 is 39.5. The molecular weight excluding hydrogens is 365 g/mol. The molecule has 0 unspecified atom stereocenters. The highest BCUT2D eigenvalue weighted by atomic mass is 32.2. The zero-order valence-corrected chi connectivity index (χ0v) is 14.8. The molecule has 2 rings (SSSR count). The molecule has 8 heteroatoms. The Labute approximate surface area is 153 Å². The summed E-state index contributed by atoms with van der Waals surface area (Å²) in [7, 11) is 0. The molecule has 0 aliphatic heterocycles. The molecule has 1 N–H and O–H groups in total. The number of halogens is 3. The van der Waals surface area contributed by atoms with Crippen molar-refractivity contribution in [3.05, 3.63) is 63.8 Å². The zero-order valence-electron chi connectivity index (χ0n) is 14.0. The number of carbonyl (C=O) groups excluding carboxylic acids is 1. The molecule has 0 aliphatic rings. The highest BCUT2D eigenvalue weighted by Gasteiger charge is 2.14. The van der Waals surface area contributed by atoms with Gasteiger partial charge in [-0.3, -0.25) is 4.79 Å². The first-order valence-corrected chi connectivity index (χ1v) is 8.89. The predicted octanol–water partition coefficient (Wildman–Crippen LogP) is 5.30. The third-order valence-electron chi connectivity index (χ3n) is 3.59. The van der Waals surface area contributed by atoms with Crippen molar-refractivity contribution < 1.29 is 18.0 Å². The van der Waals surface area contributed by atoms with Gasteiger partial charge in [-0.1, -0.05) is 11.2 Å². The van der Waals surface area contributed by atoms with Gasteiger partial charge in [0.05, 0.1) is 6.54 Å². The van der Waals surface area contributed by atoms with Crippen LogP contribution in [0.15, 0.2) is 40.4 Å². The van der Waals surface area contributed by atoms with Crippen molar-refractivity contribution in [1.29, 1.82) is 0 Å². The smallest absolute Gasteiger partial charge is 0.255 e. The SMILES string of the molecule is Cc1ccc(C(=O)Nc2cc(F)c(F)c(F)c2)cc1SCCCCN=O. The average Bonchev–Trinajstić information content (AvgIpc) is 2.60. The summed E-state index contributed by atoms with van der Waals surface area (Å²) in [5.74, 6) is -4.10. The van der Waals surface area contributed by atoms with Gasteiger partial charge in [-0.25, -0.2) is 13.2 Å². The number of nitrogens with zero attached hydrogens (tertiary/aromatic N) is 1. The van der Waals surface area contributed by atoms with Crippen LogP contribution in [0.5, 0.6) is 0 Å². The van der Waals surface area contributed by atoms with Crippen LogP contribution in [0, 0.1) is 29.3 Å². The number of aryl methyl sites for hydroxylation is 1. The zero-order chi connectivity index (χ0) is 19.1. The van der Waals surface area contributed by atoms with E-state index >= 15 is 0 Å². The molecule has 0 aromatic heterocycles. The van der Waals surface area contributed by atoms with Gasteiger partial charge < -0.3 is 5.32 Å². The van der Waals surface area contributed by atoms with E-state index in [-0.39, 0.29) is 12.2 Å². The molecule has 0 radical (unpaired) electrons. The van der Waals surface area contributed by atoms with Crippen LogP contribution in [-0.2, 0) is 0 Å². The standard InChI is InChI=1S/C18H17F3N2O2S/c1-11-4-5-12(8-16(11)26-7-3-2-6-22-25)18(24)23-13-9-14(19)17(21)15(20)10-13/h4-5,8-10H,2-3,6-7H2,1H3,(H,23,24). The van der Waals surface area contributed by atoms with E-state index in [1.165, 1.54) is 0 Å². The van der Waals surface area contributed by atoms with Crippen molar-refractivity contribution in [2.75, 3.05) is 17.6 Å². The van der Waals surface area contributed by atoms with Gasteiger partial charge in [-0.2, -0.15) is 4.91 Å². The maximum absolute atomic E-state index is 13.2. The van der Waals surface area contributed by atoms with Crippen LogP contribution in [0.1, 0.15) is 28.8 Å². The van der Waals surface area contributed by atoms with E-state index in [1.807, 2.05) is 6.92 Å². The molecule has 0 atom stereocenters. The minimum absolute atomic E-state index is 0.164. The third-order valence-corrected chi connectivity index (χ3v) is 4.84. The van der Waals surface area contributed by atoms with Gasteiger partial charge >= 0.3 is 0 Å². The van der Waals surface area contributed by atoms with Gasteiger partial charge in [-0.05, 0) is 43.2 Å². The van der Waals surface area contributed by atoms with Gasteiger partial charge in [0.15, 0.2) is 17.5 Å². The van der Waals surface area contributed by atoms with E-state index in [4.69, 9.17) is 0 Å². The molecule has 1 amide bonds. The van der Waals surface area contributed by atoms with Gasteiger partial charge in [0, 0.05) is 28.3 Å². The van der Waals surface area contributed by atoms with Crippen molar-refractivity contribution >= 4 is 23.4 Å². The lowest BCUT2D eigenvalue weighted by Crippen LogP contribution is -2.13. The van der Waals surface area contributed by atoms with Crippen molar-refractivity contribution in [3.8, 4) is 0 Å². The van der Waals surface area contributed by atoms with Gasteiger partial charge in [0.1, 0.15) is 0 Å². The normalized spacial score (nSPS) is 10.6. The Morgan fingerprint density at radius 1 is 1.12 bits per heavy atom. The molecule has 2 aromatic rings. The number of hydrogen-bond donors (Lipinski definition) is 1. The number of anilines is 1. The molecule has 0 bridgehead atoms. The second kappa shape index (κ2) is 9.38. The average molecular weight is 382 g/mol. The van der Waals surface area contributed by atoms with E-state index in [9.17, 15) is 22.9 Å². The van der Waals surface area contributed by atoms with E-state index in [0.717, 1.165) is 34.8 Å². The first kappa shape index (κ1) is 20.0. The lowest BCUT2D eigenvalue weighted by atomic mass is 10.1. The van der Waals surface area contributed by atoms with Crippen LogP contribution in [-0.4, -0.2) is 18.2 Å². The van der Waals surface area contributed by atoms with Crippen LogP contribution in [0.2, 0.25) is 0 Å². The number of rotatable bonds is 8. The Hall–Kier alpha value is -2.35. The second-order valence-electron chi connectivity index (χ2n) is 5.60. The molecule has 138 valence electrons. The van der Waals surface area contributed by atoms with Crippen molar-refractivity contribution in [3.63, 3.8) is 0 Å². The Balaban J connectivity index is 2.07. The summed E-state index contributed by atoms with van der Waals surface area (Å²) in [6.45, 7) is 2.19. The maximum atomic E-state index is 13.2. The summed E-state index contributed by atoms with van der Waals surface area (Å²) in [6.07, 6.45) is 1.53. The Bertz CT molecular complexity index is 792. The molecule has 0 spiro atoms. The van der Waals surface area contributed by atoms with Crippen LogP contribution in [0.4, 0.5) is 18.9 Å². The number of thioether (sulfide) groups is 1. The van der Waals surface area contributed by atoms with Crippen molar-refractivity contribution in [2.24, 2.45) is 5.18 Å². The van der Waals surface area contributed by atoms with Crippen LogP contribution in [0.3, 0.4) is 0 Å². The fraction of sp³-hybridized carbons (Fsp3) is 0.278. The lowest BCUT2D eigenvalue weighted by Gasteiger charge is -2.10. The highest BCUT2D eigenvalue weighted by Crippen LogP contribution is 2.25. The van der Waals surface area contributed by atoms with Gasteiger partial charge in [0.25, 0.3) is 5.91 Å². The number of nitroso groups, excluding NO2 is 1. The van der Waals surface area contributed by atoms with Crippen LogP contribution in [0.25, 0.3) is 0 Å². The predicted molar refractivity (Wildman–Crippen MR) is 96.1 cm³/mol. The molecule has 26 heavy (non-hydrogen) atoms. The highest BCUT2D eigenvalue weighted by molar-refractivity contribution is 7.99. The maximum Gasteiger partial charge on any atom is 0.255 e. The molecule has 0 saturated carbocycles. The van der Waals surface area contributed by atoms with Gasteiger partial charge in [-0.15, -0.1) is 11.8 Å². The minimum Gasteiger partial charge on any atom is -0.322 e. The third kappa shape index (κ3) is 5.32. The fourth-order valence-corrected chi connectivity index (χ4v) is 3.26. The van der Waals surface area contributed by atoms with E-state index < -0.39 is 23.4 Å². The molecule has 4 nitrogen and oxygen atoms in total. The first-order chi connectivity index (χ1) is 12.4. The van der Waals surface area contributed by atoms with E-state index in [0.29, 0.717) is 12.0 Å². The monoisotopic (exact) mass is 382 g/mol. The summed E-state index contributed by atoms with van der Waals surface area (Å²) in [5.41, 5.74) is 1.14. The number of hydrogen-bond acceptors (Lipinski definition) is 4. The summed E-state index contributed by atoms with van der Waals surface area (Å²) >= 11 is 1.55. The second-order valence-corrected chi connectivity index (χ2v) is 6.73. The Morgan fingerprint density at radius 2 is 1.81 bits per heavy atom. The summed E-state index contributed by atoms with van der Waals surface area (Å²) in [5, 5.41) is 5.16. The number of nitrogens with one attached hydrogen (secondary N) is 1. The van der Waals surface area contributed by atoms with Crippen molar-refractivity contribution in [2.45, 2.75) is 24.7 Å². The quantitative estimate of drug-likeness (QED) is 0.292. The minimum atomic E-state index is -1.58. The molecular formula is C18H17F3N2O2S. The van der Waals surface area contributed by atoms with Crippen LogP contribution < -0.4 is 5.32 Å². The molecule has 2 aromatic carbocycles. The number of unbranched alkanes of at least 4 members (excludes halogenated alkanes) is 1.